The van der Waals surface area contributed by atoms with Gasteiger partial charge < -0.3 is 10.2 Å². The number of aryl methyl sites for hydroxylation is 3. The van der Waals surface area contributed by atoms with Crippen LogP contribution in [0, 0.1) is 13.8 Å². The Morgan fingerprint density at radius 3 is 2.36 bits per heavy atom. The molecule has 2 amide bonds. The van der Waals surface area contributed by atoms with E-state index in [1.54, 1.807) is 4.90 Å². The summed E-state index contributed by atoms with van der Waals surface area (Å²) in [5.74, 6) is -0.249. The zero-order valence-corrected chi connectivity index (χ0v) is 15.2. The van der Waals surface area contributed by atoms with Gasteiger partial charge in [-0.3, -0.25) is 9.59 Å². The van der Waals surface area contributed by atoms with Crippen LogP contribution < -0.4 is 5.32 Å². The number of anilines is 1. The van der Waals surface area contributed by atoms with Crippen LogP contribution in [-0.2, 0) is 16.0 Å². The minimum atomic E-state index is -0.168. The van der Waals surface area contributed by atoms with Crippen LogP contribution in [0.25, 0.3) is 0 Å². The SMILES string of the molecule is CC(=O)N(CCCc1ccccc1)CC(=O)Nc1ccc(C)c(C)c1. The summed E-state index contributed by atoms with van der Waals surface area (Å²) in [7, 11) is 0. The fourth-order valence-electron chi connectivity index (χ4n) is 2.66. The standard InChI is InChI=1S/C21H26N2O2/c1-16-11-12-20(14-17(16)2)22-21(25)15-23(18(3)24)13-7-10-19-8-5-4-6-9-19/h4-6,8-9,11-12,14H,7,10,13,15H2,1-3H3,(H,22,25). The third-order valence-corrected chi connectivity index (χ3v) is 4.31. The molecule has 0 heterocycles. The Morgan fingerprint density at radius 1 is 1.00 bits per heavy atom. The molecule has 0 saturated heterocycles. The number of rotatable bonds is 7. The Kier molecular flexibility index (Phi) is 6.75. The zero-order chi connectivity index (χ0) is 18.2. The maximum absolute atomic E-state index is 12.3. The predicted molar refractivity (Wildman–Crippen MR) is 102 cm³/mol. The largest absolute Gasteiger partial charge is 0.334 e. The first kappa shape index (κ1) is 18.7. The van der Waals surface area contributed by atoms with Gasteiger partial charge in [0, 0.05) is 19.2 Å². The van der Waals surface area contributed by atoms with Crippen LogP contribution in [0.15, 0.2) is 48.5 Å². The van der Waals surface area contributed by atoms with Crippen molar-refractivity contribution < 1.29 is 9.59 Å². The highest BCUT2D eigenvalue weighted by molar-refractivity contribution is 5.94. The molecule has 2 rings (SSSR count). The summed E-state index contributed by atoms with van der Waals surface area (Å²) in [6, 6.07) is 16.0. The lowest BCUT2D eigenvalue weighted by atomic mass is 10.1. The molecule has 4 nitrogen and oxygen atoms in total. The second-order valence-corrected chi connectivity index (χ2v) is 6.38. The molecule has 0 saturated carbocycles. The number of nitrogens with zero attached hydrogens (tertiary/aromatic N) is 1. The predicted octanol–water partition coefficient (Wildman–Crippen LogP) is 3.72. The monoisotopic (exact) mass is 338 g/mol. The van der Waals surface area contributed by atoms with Crippen LogP contribution in [0.3, 0.4) is 0 Å². The van der Waals surface area contributed by atoms with Crippen LogP contribution in [0.2, 0.25) is 0 Å². The Labute approximate surface area is 149 Å². The molecule has 0 aliphatic carbocycles. The van der Waals surface area contributed by atoms with E-state index >= 15 is 0 Å². The third kappa shape index (κ3) is 6.07. The number of carbonyl (C=O) groups is 2. The van der Waals surface area contributed by atoms with Crippen molar-refractivity contribution in [2.75, 3.05) is 18.4 Å². The summed E-state index contributed by atoms with van der Waals surface area (Å²) in [4.78, 5) is 25.7. The van der Waals surface area contributed by atoms with Crippen molar-refractivity contribution in [3.8, 4) is 0 Å². The summed E-state index contributed by atoms with van der Waals surface area (Å²) in [5, 5.41) is 2.87. The van der Waals surface area contributed by atoms with Crippen LogP contribution in [0.1, 0.15) is 30.0 Å². The van der Waals surface area contributed by atoms with Gasteiger partial charge in [-0.2, -0.15) is 0 Å². The zero-order valence-electron chi connectivity index (χ0n) is 15.2. The molecule has 0 fully saturated rings. The van der Waals surface area contributed by atoms with E-state index in [0.717, 1.165) is 24.1 Å². The van der Waals surface area contributed by atoms with E-state index in [4.69, 9.17) is 0 Å². The van der Waals surface area contributed by atoms with Gasteiger partial charge in [0.15, 0.2) is 0 Å². The van der Waals surface area contributed by atoms with Gasteiger partial charge >= 0.3 is 0 Å². The average molecular weight is 338 g/mol. The number of carbonyl (C=O) groups excluding carboxylic acids is 2. The Bertz CT molecular complexity index is 726. The Morgan fingerprint density at radius 2 is 1.72 bits per heavy atom. The van der Waals surface area contributed by atoms with E-state index in [2.05, 4.69) is 17.4 Å². The first-order valence-electron chi connectivity index (χ1n) is 8.62. The lowest BCUT2D eigenvalue weighted by molar-refractivity contribution is -0.132. The van der Waals surface area contributed by atoms with E-state index in [1.807, 2.05) is 50.2 Å². The third-order valence-electron chi connectivity index (χ3n) is 4.31. The van der Waals surface area contributed by atoms with E-state index < -0.39 is 0 Å². The molecule has 0 radical (unpaired) electrons. The molecule has 0 atom stereocenters. The van der Waals surface area contributed by atoms with E-state index in [0.29, 0.717) is 6.54 Å². The lowest BCUT2D eigenvalue weighted by Crippen LogP contribution is -2.37. The molecule has 0 bridgehead atoms. The van der Waals surface area contributed by atoms with Crippen molar-refractivity contribution in [2.24, 2.45) is 0 Å². The molecule has 4 heteroatoms. The van der Waals surface area contributed by atoms with Crippen LogP contribution in [0.5, 0.6) is 0 Å². The fourth-order valence-corrected chi connectivity index (χ4v) is 2.66. The van der Waals surface area contributed by atoms with Crippen molar-refractivity contribution in [3.63, 3.8) is 0 Å². The smallest absolute Gasteiger partial charge is 0.243 e. The van der Waals surface area contributed by atoms with Crippen molar-refractivity contribution >= 4 is 17.5 Å². The highest BCUT2D eigenvalue weighted by Crippen LogP contribution is 2.14. The molecule has 0 aliphatic rings. The van der Waals surface area contributed by atoms with Crippen molar-refractivity contribution in [2.45, 2.75) is 33.6 Å². The second kappa shape index (κ2) is 9.02. The number of hydrogen-bond donors (Lipinski definition) is 1. The van der Waals surface area contributed by atoms with E-state index in [9.17, 15) is 9.59 Å². The van der Waals surface area contributed by atoms with Gasteiger partial charge in [-0.05, 0) is 55.5 Å². The van der Waals surface area contributed by atoms with Gasteiger partial charge in [0.1, 0.15) is 0 Å². The Hall–Kier alpha value is -2.62. The molecule has 0 aliphatic heterocycles. The van der Waals surface area contributed by atoms with Gasteiger partial charge in [0.2, 0.25) is 11.8 Å². The number of amides is 2. The summed E-state index contributed by atoms with van der Waals surface area (Å²) in [6.45, 7) is 6.20. The number of hydrogen-bond acceptors (Lipinski definition) is 2. The first-order chi connectivity index (χ1) is 12.0. The van der Waals surface area contributed by atoms with Crippen LogP contribution in [-0.4, -0.2) is 29.8 Å². The average Bonchev–Trinajstić information content (AvgIpc) is 2.58. The highest BCUT2D eigenvalue weighted by Gasteiger charge is 2.13. The van der Waals surface area contributed by atoms with E-state index in [1.165, 1.54) is 18.1 Å². The van der Waals surface area contributed by atoms with Crippen molar-refractivity contribution in [1.29, 1.82) is 0 Å². The van der Waals surface area contributed by atoms with E-state index in [-0.39, 0.29) is 18.4 Å². The van der Waals surface area contributed by atoms with Crippen LogP contribution >= 0.6 is 0 Å². The van der Waals surface area contributed by atoms with Gasteiger partial charge in [0.25, 0.3) is 0 Å². The fraction of sp³-hybridized carbons (Fsp3) is 0.333. The van der Waals surface area contributed by atoms with Gasteiger partial charge in [0.05, 0.1) is 6.54 Å². The van der Waals surface area contributed by atoms with Gasteiger partial charge in [-0.15, -0.1) is 0 Å². The number of benzene rings is 2. The first-order valence-corrected chi connectivity index (χ1v) is 8.62. The molecule has 0 unspecified atom stereocenters. The molecule has 0 aromatic heterocycles. The van der Waals surface area contributed by atoms with Crippen LogP contribution in [0.4, 0.5) is 5.69 Å². The topological polar surface area (TPSA) is 49.4 Å². The highest BCUT2D eigenvalue weighted by atomic mass is 16.2. The van der Waals surface area contributed by atoms with Crippen molar-refractivity contribution in [1.82, 2.24) is 4.90 Å². The quantitative estimate of drug-likeness (QED) is 0.836. The minimum Gasteiger partial charge on any atom is -0.334 e. The second-order valence-electron chi connectivity index (χ2n) is 6.38. The van der Waals surface area contributed by atoms with Crippen molar-refractivity contribution in [3.05, 3.63) is 65.2 Å². The van der Waals surface area contributed by atoms with Gasteiger partial charge in [-0.25, -0.2) is 0 Å². The van der Waals surface area contributed by atoms with Gasteiger partial charge in [-0.1, -0.05) is 36.4 Å². The Balaban J connectivity index is 1.86. The molecule has 0 spiro atoms. The minimum absolute atomic E-state index is 0.0803. The summed E-state index contributed by atoms with van der Waals surface area (Å²) < 4.78 is 0. The summed E-state index contributed by atoms with van der Waals surface area (Å²) >= 11 is 0. The molecule has 132 valence electrons. The lowest BCUT2D eigenvalue weighted by Gasteiger charge is -2.20. The summed E-state index contributed by atoms with van der Waals surface area (Å²) in [5.41, 5.74) is 4.32. The molecular formula is C21H26N2O2. The molecule has 2 aromatic rings. The maximum atomic E-state index is 12.3. The maximum Gasteiger partial charge on any atom is 0.243 e. The normalized spacial score (nSPS) is 10.4. The molecular weight excluding hydrogens is 312 g/mol. The molecule has 25 heavy (non-hydrogen) atoms. The summed E-state index contributed by atoms with van der Waals surface area (Å²) in [6.07, 6.45) is 1.73. The molecule has 1 N–H and O–H groups in total. The molecule has 2 aromatic carbocycles. The number of nitrogens with one attached hydrogen (secondary N) is 1.